The smallest absolute Gasteiger partial charge is 0.270 e. The fourth-order valence-electron chi connectivity index (χ4n) is 2.95. The summed E-state index contributed by atoms with van der Waals surface area (Å²) in [4.78, 5) is 31.0. The van der Waals surface area contributed by atoms with Gasteiger partial charge in [-0.3, -0.25) is 9.59 Å². The molecule has 1 N–H and O–H groups in total. The Balaban J connectivity index is 1.31. The Morgan fingerprint density at radius 3 is 2.77 bits per heavy atom. The summed E-state index contributed by atoms with van der Waals surface area (Å²) in [5, 5.41) is 9.71. The van der Waals surface area contributed by atoms with Gasteiger partial charge in [0.1, 0.15) is 17.0 Å². The first-order valence-electron chi connectivity index (χ1n) is 8.31. The molecule has 3 aromatic heterocycles. The van der Waals surface area contributed by atoms with Crippen LogP contribution in [0.1, 0.15) is 33.7 Å². The average molecular weight is 387 g/mol. The summed E-state index contributed by atoms with van der Waals surface area (Å²) in [6.07, 6.45) is 4.43. The van der Waals surface area contributed by atoms with E-state index in [4.69, 9.17) is 4.42 Å². The van der Waals surface area contributed by atoms with Crippen LogP contribution >= 0.6 is 22.7 Å². The third-order valence-corrected chi connectivity index (χ3v) is 5.97. The van der Waals surface area contributed by atoms with Crippen LogP contribution in [-0.2, 0) is 0 Å². The predicted octanol–water partition coefficient (Wildman–Crippen LogP) is 3.50. The van der Waals surface area contributed by atoms with Gasteiger partial charge in [0.05, 0.1) is 11.8 Å². The summed E-state index contributed by atoms with van der Waals surface area (Å²) in [5.74, 6) is -0.175. The number of thiophene rings is 1. The predicted molar refractivity (Wildman–Crippen MR) is 101 cm³/mol. The number of piperidine rings is 1. The van der Waals surface area contributed by atoms with Crippen molar-refractivity contribution in [3.8, 4) is 10.6 Å². The van der Waals surface area contributed by atoms with Crippen LogP contribution in [0, 0.1) is 0 Å². The molecule has 4 heterocycles. The third-order valence-electron chi connectivity index (χ3n) is 4.39. The van der Waals surface area contributed by atoms with Crippen LogP contribution in [0.2, 0.25) is 0 Å². The SMILES string of the molecule is O=C(NC1CCN(C(=O)c2ccoc2)CC1)c1csc(-c2ccsc2)n1. The van der Waals surface area contributed by atoms with Crippen molar-refractivity contribution in [2.75, 3.05) is 13.1 Å². The number of aromatic nitrogens is 1. The van der Waals surface area contributed by atoms with E-state index in [1.54, 1.807) is 27.7 Å². The Labute approximate surface area is 158 Å². The zero-order chi connectivity index (χ0) is 17.9. The maximum Gasteiger partial charge on any atom is 0.270 e. The van der Waals surface area contributed by atoms with Gasteiger partial charge in [0, 0.05) is 35.5 Å². The Hall–Kier alpha value is -2.45. The molecule has 1 aliphatic rings. The third kappa shape index (κ3) is 3.56. The molecule has 1 saturated heterocycles. The van der Waals surface area contributed by atoms with Gasteiger partial charge in [-0.2, -0.15) is 11.3 Å². The number of hydrogen-bond donors (Lipinski definition) is 1. The van der Waals surface area contributed by atoms with E-state index in [1.807, 2.05) is 16.8 Å². The van der Waals surface area contributed by atoms with Crippen LogP contribution in [0.25, 0.3) is 10.6 Å². The standard InChI is InChI=1S/C18H17N3O3S2/c22-16(15-11-26-17(20-15)13-4-8-25-10-13)19-14-1-5-21(6-2-14)18(23)12-3-7-24-9-12/h3-4,7-11,14H,1-2,5-6H2,(H,19,22). The lowest BCUT2D eigenvalue weighted by atomic mass is 10.0. The molecule has 0 spiro atoms. The summed E-state index contributed by atoms with van der Waals surface area (Å²) < 4.78 is 4.97. The van der Waals surface area contributed by atoms with Crippen LogP contribution in [0.5, 0.6) is 0 Å². The van der Waals surface area contributed by atoms with E-state index in [9.17, 15) is 9.59 Å². The molecule has 0 aromatic carbocycles. The molecule has 134 valence electrons. The number of nitrogens with zero attached hydrogens (tertiary/aromatic N) is 2. The summed E-state index contributed by atoms with van der Waals surface area (Å²) in [7, 11) is 0. The number of carbonyl (C=O) groups excluding carboxylic acids is 2. The van der Waals surface area contributed by atoms with E-state index < -0.39 is 0 Å². The average Bonchev–Trinajstić information content (AvgIpc) is 3.43. The topological polar surface area (TPSA) is 75.4 Å². The van der Waals surface area contributed by atoms with Crippen molar-refractivity contribution in [3.63, 3.8) is 0 Å². The Morgan fingerprint density at radius 2 is 2.08 bits per heavy atom. The highest BCUT2D eigenvalue weighted by Gasteiger charge is 2.25. The van der Waals surface area contributed by atoms with E-state index in [-0.39, 0.29) is 17.9 Å². The molecule has 3 aromatic rings. The number of amides is 2. The quantitative estimate of drug-likeness (QED) is 0.743. The fourth-order valence-corrected chi connectivity index (χ4v) is 4.46. The molecule has 26 heavy (non-hydrogen) atoms. The number of rotatable bonds is 4. The summed E-state index contributed by atoms with van der Waals surface area (Å²) >= 11 is 3.08. The molecule has 1 fully saturated rings. The van der Waals surface area contributed by atoms with Gasteiger partial charge in [-0.1, -0.05) is 0 Å². The maximum atomic E-state index is 12.4. The van der Waals surface area contributed by atoms with Crippen molar-refractivity contribution >= 4 is 34.5 Å². The second kappa shape index (κ2) is 7.43. The highest BCUT2D eigenvalue weighted by atomic mass is 32.1. The molecule has 0 atom stereocenters. The molecule has 1 aliphatic heterocycles. The Morgan fingerprint density at radius 1 is 1.23 bits per heavy atom. The molecular weight excluding hydrogens is 370 g/mol. The second-order valence-electron chi connectivity index (χ2n) is 6.10. The number of carbonyl (C=O) groups is 2. The van der Waals surface area contributed by atoms with Crippen LogP contribution < -0.4 is 5.32 Å². The summed E-state index contributed by atoms with van der Waals surface area (Å²) in [5.41, 5.74) is 2.06. The number of nitrogens with one attached hydrogen (secondary N) is 1. The molecule has 0 aliphatic carbocycles. The fraction of sp³-hybridized carbons (Fsp3) is 0.278. The summed E-state index contributed by atoms with van der Waals surface area (Å²) in [6, 6.07) is 3.73. The van der Waals surface area contributed by atoms with Crippen molar-refractivity contribution in [1.29, 1.82) is 0 Å². The van der Waals surface area contributed by atoms with Gasteiger partial charge in [0.2, 0.25) is 0 Å². The van der Waals surface area contributed by atoms with E-state index in [2.05, 4.69) is 10.3 Å². The zero-order valence-corrected chi connectivity index (χ0v) is 15.5. The Kier molecular flexibility index (Phi) is 4.85. The lowest BCUT2D eigenvalue weighted by molar-refractivity contribution is 0.0697. The highest BCUT2D eigenvalue weighted by Crippen LogP contribution is 2.25. The van der Waals surface area contributed by atoms with Crippen molar-refractivity contribution in [2.45, 2.75) is 18.9 Å². The van der Waals surface area contributed by atoms with Crippen molar-refractivity contribution < 1.29 is 14.0 Å². The first-order chi connectivity index (χ1) is 12.7. The van der Waals surface area contributed by atoms with Gasteiger partial charge in [0.15, 0.2) is 0 Å². The minimum absolute atomic E-state index is 0.0246. The lowest BCUT2D eigenvalue weighted by Gasteiger charge is -2.32. The van der Waals surface area contributed by atoms with Crippen molar-refractivity contribution in [1.82, 2.24) is 15.2 Å². The maximum absolute atomic E-state index is 12.4. The van der Waals surface area contributed by atoms with Gasteiger partial charge < -0.3 is 14.6 Å². The molecule has 0 radical (unpaired) electrons. The molecule has 8 heteroatoms. The van der Waals surface area contributed by atoms with E-state index in [0.29, 0.717) is 24.3 Å². The number of furan rings is 1. The number of hydrogen-bond acceptors (Lipinski definition) is 6. The van der Waals surface area contributed by atoms with Crippen LogP contribution in [0.3, 0.4) is 0 Å². The van der Waals surface area contributed by atoms with Gasteiger partial charge in [-0.05, 0) is 30.4 Å². The minimum atomic E-state index is -0.151. The normalized spacial score (nSPS) is 15.2. The molecule has 0 bridgehead atoms. The van der Waals surface area contributed by atoms with E-state index in [0.717, 1.165) is 23.4 Å². The monoisotopic (exact) mass is 387 g/mol. The number of likely N-dealkylation sites (tertiary alicyclic amines) is 1. The van der Waals surface area contributed by atoms with Crippen molar-refractivity contribution in [3.05, 3.63) is 52.1 Å². The van der Waals surface area contributed by atoms with Gasteiger partial charge >= 0.3 is 0 Å². The molecule has 4 rings (SSSR count). The van der Waals surface area contributed by atoms with Gasteiger partial charge in [0.25, 0.3) is 11.8 Å². The van der Waals surface area contributed by atoms with Crippen molar-refractivity contribution in [2.24, 2.45) is 0 Å². The molecule has 0 unspecified atom stereocenters. The first-order valence-corrected chi connectivity index (χ1v) is 10.1. The Bertz CT molecular complexity index is 879. The molecular formula is C18H17N3O3S2. The largest absolute Gasteiger partial charge is 0.472 e. The van der Waals surface area contributed by atoms with Gasteiger partial charge in [-0.25, -0.2) is 4.98 Å². The minimum Gasteiger partial charge on any atom is -0.472 e. The van der Waals surface area contributed by atoms with Crippen LogP contribution in [0.4, 0.5) is 0 Å². The number of thiazole rings is 1. The molecule has 0 saturated carbocycles. The molecule has 2 amide bonds. The second-order valence-corrected chi connectivity index (χ2v) is 7.74. The zero-order valence-electron chi connectivity index (χ0n) is 13.9. The van der Waals surface area contributed by atoms with E-state index >= 15 is 0 Å². The van der Waals surface area contributed by atoms with E-state index in [1.165, 1.54) is 23.9 Å². The summed E-state index contributed by atoms with van der Waals surface area (Å²) in [6.45, 7) is 1.23. The van der Waals surface area contributed by atoms with Crippen LogP contribution in [-0.4, -0.2) is 40.8 Å². The molecule has 6 nitrogen and oxygen atoms in total. The van der Waals surface area contributed by atoms with Crippen LogP contribution in [0.15, 0.2) is 45.2 Å². The highest BCUT2D eigenvalue weighted by molar-refractivity contribution is 7.14. The first kappa shape index (κ1) is 17.0. The van der Waals surface area contributed by atoms with Gasteiger partial charge in [-0.15, -0.1) is 11.3 Å². The lowest BCUT2D eigenvalue weighted by Crippen LogP contribution is -2.46.